The highest BCUT2D eigenvalue weighted by Crippen LogP contribution is 2.34. The number of ether oxygens (including phenoxy) is 2. The molecule has 0 aliphatic carbocycles. The van der Waals surface area contributed by atoms with Gasteiger partial charge in [-0.2, -0.15) is 5.26 Å². The van der Waals surface area contributed by atoms with Crippen LogP contribution < -0.4 is 9.47 Å². The molecule has 202 valence electrons. The number of likely N-dealkylation sites (tertiary alicyclic amines) is 1. The van der Waals surface area contributed by atoms with Gasteiger partial charge in [-0.25, -0.2) is 4.39 Å². The number of carboxylic acids is 1. The fraction of sp³-hybridized carbons (Fsp3) is 0.188. The van der Waals surface area contributed by atoms with Crippen molar-refractivity contribution in [1.29, 1.82) is 5.26 Å². The number of halogens is 2. The Morgan fingerprint density at radius 2 is 1.73 bits per heavy atom. The van der Waals surface area contributed by atoms with E-state index in [1.165, 1.54) is 6.07 Å². The predicted octanol–water partition coefficient (Wildman–Crippen LogP) is 6.69. The van der Waals surface area contributed by atoms with Gasteiger partial charge in [0.15, 0.2) is 0 Å². The number of benzene rings is 4. The first-order valence-corrected chi connectivity index (χ1v) is 13.1. The van der Waals surface area contributed by atoms with Crippen molar-refractivity contribution in [3.05, 3.63) is 118 Å². The average Bonchev–Trinajstić information content (AvgIpc) is 2.94. The van der Waals surface area contributed by atoms with E-state index in [0.717, 1.165) is 11.1 Å². The highest BCUT2D eigenvalue weighted by molar-refractivity contribution is 6.34. The van der Waals surface area contributed by atoms with E-state index in [1.807, 2.05) is 41.3 Å². The van der Waals surface area contributed by atoms with E-state index >= 15 is 0 Å². The summed E-state index contributed by atoms with van der Waals surface area (Å²) in [4.78, 5) is 13.3. The molecule has 0 unspecified atom stereocenters. The smallest absolute Gasteiger partial charge is 0.309 e. The Hall–Kier alpha value is -4.38. The fourth-order valence-electron chi connectivity index (χ4n) is 4.62. The zero-order valence-corrected chi connectivity index (χ0v) is 22.3. The minimum Gasteiger partial charge on any atom is -0.489 e. The Kier molecular flexibility index (Phi) is 8.30. The van der Waals surface area contributed by atoms with Crippen LogP contribution in [0.5, 0.6) is 11.5 Å². The second kappa shape index (κ2) is 12.2. The van der Waals surface area contributed by atoms with E-state index in [0.29, 0.717) is 58.4 Å². The quantitative estimate of drug-likeness (QED) is 0.234. The van der Waals surface area contributed by atoms with Gasteiger partial charge in [0.2, 0.25) is 0 Å². The molecule has 0 saturated carbocycles. The fourth-order valence-corrected chi connectivity index (χ4v) is 4.90. The Balaban J connectivity index is 1.34. The van der Waals surface area contributed by atoms with E-state index < -0.39 is 5.97 Å². The molecule has 0 atom stereocenters. The summed E-state index contributed by atoms with van der Waals surface area (Å²) in [5.41, 5.74) is 4.02. The van der Waals surface area contributed by atoms with Crippen LogP contribution in [-0.2, 0) is 24.6 Å². The van der Waals surface area contributed by atoms with Crippen LogP contribution in [0.2, 0.25) is 5.02 Å². The molecule has 1 aliphatic rings. The Bertz CT molecular complexity index is 1580. The molecule has 1 aliphatic heterocycles. The van der Waals surface area contributed by atoms with Gasteiger partial charge in [-0.1, -0.05) is 66.2 Å². The van der Waals surface area contributed by atoms with E-state index in [4.69, 9.17) is 21.1 Å². The molecule has 0 amide bonds. The first-order chi connectivity index (χ1) is 19.4. The van der Waals surface area contributed by atoms with Crippen molar-refractivity contribution in [3.8, 4) is 28.7 Å². The molecule has 1 saturated heterocycles. The number of hydrogen-bond acceptors (Lipinski definition) is 5. The minimum atomic E-state index is -0.786. The minimum absolute atomic E-state index is 0.163. The first kappa shape index (κ1) is 27.2. The monoisotopic (exact) mass is 556 g/mol. The summed E-state index contributed by atoms with van der Waals surface area (Å²) in [5.74, 6) is -0.331. The maximum Gasteiger partial charge on any atom is 0.309 e. The molecule has 0 bridgehead atoms. The lowest BCUT2D eigenvalue weighted by Gasteiger charge is -2.36. The van der Waals surface area contributed by atoms with E-state index in [2.05, 4.69) is 6.07 Å². The van der Waals surface area contributed by atoms with Gasteiger partial charge >= 0.3 is 5.97 Å². The number of hydrogen-bond donors (Lipinski definition) is 1. The summed E-state index contributed by atoms with van der Waals surface area (Å²) >= 11 is 6.65. The molecular formula is C32H26ClFN2O4. The van der Waals surface area contributed by atoms with Gasteiger partial charge in [-0.3, -0.25) is 9.69 Å². The molecule has 1 fully saturated rings. The van der Waals surface area contributed by atoms with Gasteiger partial charge in [0.1, 0.15) is 30.5 Å². The summed E-state index contributed by atoms with van der Waals surface area (Å²) in [5, 5.41) is 18.8. The van der Waals surface area contributed by atoms with Gasteiger partial charge in [0.25, 0.3) is 0 Å². The maximum absolute atomic E-state index is 14.4. The maximum atomic E-state index is 14.4. The molecule has 4 aromatic carbocycles. The van der Waals surface area contributed by atoms with Crippen molar-refractivity contribution in [2.24, 2.45) is 5.92 Å². The number of aliphatic carboxylic acids is 1. The number of rotatable bonds is 10. The summed E-state index contributed by atoms with van der Waals surface area (Å²) in [6.07, 6.45) is 0. The van der Waals surface area contributed by atoms with Crippen molar-refractivity contribution in [3.63, 3.8) is 0 Å². The standard InChI is InChI=1S/C32H26ClFN2O4/c33-31-24(7-4-9-28(31)27-8-1-2-10-29(27)34)20-39-26-12-11-23(16-36-17-25(18-36)32(37)38)30(14-26)40-19-22-6-3-5-21(13-22)15-35/h1-14,25H,16-20H2,(H,37,38). The van der Waals surface area contributed by atoms with E-state index in [1.54, 1.807) is 42.5 Å². The van der Waals surface area contributed by atoms with Gasteiger partial charge in [-0.05, 0) is 29.8 Å². The van der Waals surface area contributed by atoms with E-state index in [9.17, 15) is 19.6 Å². The van der Waals surface area contributed by atoms with Crippen LogP contribution in [0.3, 0.4) is 0 Å². The summed E-state index contributed by atoms with van der Waals surface area (Å²) in [7, 11) is 0. The van der Waals surface area contributed by atoms with Crippen LogP contribution in [0.15, 0.2) is 84.9 Å². The second-order valence-electron chi connectivity index (χ2n) is 9.65. The first-order valence-electron chi connectivity index (χ1n) is 12.8. The second-order valence-corrected chi connectivity index (χ2v) is 10.0. The van der Waals surface area contributed by atoms with Crippen molar-refractivity contribution in [2.45, 2.75) is 19.8 Å². The molecule has 0 aromatic heterocycles. The molecule has 0 radical (unpaired) electrons. The lowest BCUT2D eigenvalue weighted by molar-refractivity contribution is -0.147. The van der Waals surface area contributed by atoms with Crippen molar-refractivity contribution < 1.29 is 23.8 Å². The van der Waals surface area contributed by atoms with Crippen LogP contribution in [0.4, 0.5) is 4.39 Å². The molecule has 8 heteroatoms. The third-order valence-electron chi connectivity index (χ3n) is 6.83. The third-order valence-corrected chi connectivity index (χ3v) is 7.27. The molecule has 0 spiro atoms. The Morgan fingerprint density at radius 3 is 2.50 bits per heavy atom. The molecule has 40 heavy (non-hydrogen) atoms. The van der Waals surface area contributed by atoms with Gasteiger partial charge in [0.05, 0.1) is 22.6 Å². The molecule has 4 aromatic rings. The highest BCUT2D eigenvalue weighted by Gasteiger charge is 2.32. The molecule has 1 heterocycles. The largest absolute Gasteiger partial charge is 0.489 e. The Labute approximate surface area is 236 Å². The topological polar surface area (TPSA) is 82.8 Å². The van der Waals surface area contributed by atoms with Crippen LogP contribution >= 0.6 is 11.6 Å². The zero-order chi connectivity index (χ0) is 28.1. The van der Waals surface area contributed by atoms with Crippen LogP contribution in [0, 0.1) is 23.1 Å². The van der Waals surface area contributed by atoms with Crippen LogP contribution in [0.25, 0.3) is 11.1 Å². The summed E-state index contributed by atoms with van der Waals surface area (Å²) in [6, 6.07) is 26.8. The van der Waals surface area contributed by atoms with E-state index in [-0.39, 0.29) is 24.9 Å². The predicted molar refractivity (Wildman–Crippen MR) is 150 cm³/mol. The van der Waals surface area contributed by atoms with Gasteiger partial charge in [-0.15, -0.1) is 0 Å². The molecule has 6 nitrogen and oxygen atoms in total. The number of carbonyl (C=O) groups is 1. The third kappa shape index (κ3) is 6.26. The molecule has 1 N–H and O–H groups in total. The molecule has 5 rings (SSSR count). The summed E-state index contributed by atoms with van der Waals surface area (Å²) < 4.78 is 26.6. The van der Waals surface area contributed by atoms with Crippen LogP contribution in [0.1, 0.15) is 22.3 Å². The van der Waals surface area contributed by atoms with Crippen molar-refractivity contribution >= 4 is 17.6 Å². The SMILES string of the molecule is N#Cc1cccc(COc2cc(OCc3cccc(-c4ccccc4F)c3Cl)ccc2CN2CC(C(=O)O)C2)c1. The number of carboxylic acid groups (broad SMARTS) is 1. The highest BCUT2D eigenvalue weighted by atomic mass is 35.5. The Morgan fingerprint density at radius 1 is 0.950 bits per heavy atom. The number of nitriles is 1. The molecular weight excluding hydrogens is 531 g/mol. The van der Waals surface area contributed by atoms with Gasteiger partial charge in [0, 0.05) is 48.0 Å². The average molecular weight is 557 g/mol. The van der Waals surface area contributed by atoms with Crippen LogP contribution in [-0.4, -0.2) is 29.1 Å². The zero-order valence-electron chi connectivity index (χ0n) is 21.5. The normalized spacial score (nSPS) is 13.3. The lowest BCUT2D eigenvalue weighted by Crippen LogP contribution is -2.49. The lowest BCUT2D eigenvalue weighted by atomic mass is 9.99. The summed E-state index contributed by atoms with van der Waals surface area (Å²) in [6.45, 7) is 1.91. The number of nitrogens with zero attached hydrogens (tertiary/aromatic N) is 2. The van der Waals surface area contributed by atoms with Crippen molar-refractivity contribution in [2.75, 3.05) is 13.1 Å². The van der Waals surface area contributed by atoms with Gasteiger partial charge < -0.3 is 14.6 Å². The van der Waals surface area contributed by atoms with Crippen molar-refractivity contribution in [1.82, 2.24) is 4.90 Å².